The molecule has 5 nitrogen and oxygen atoms in total. The van der Waals surface area contributed by atoms with Gasteiger partial charge in [-0.1, -0.05) is 29.8 Å². The van der Waals surface area contributed by atoms with Crippen molar-refractivity contribution in [2.75, 3.05) is 20.8 Å². The largest absolute Gasteiger partial charge is 0.493 e. The van der Waals surface area contributed by atoms with E-state index in [1.54, 1.807) is 14.2 Å². The van der Waals surface area contributed by atoms with E-state index in [9.17, 15) is 9.18 Å². The fourth-order valence-corrected chi connectivity index (χ4v) is 4.69. The van der Waals surface area contributed by atoms with Gasteiger partial charge in [0.15, 0.2) is 11.5 Å². The summed E-state index contributed by atoms with van der Waals surface area (Å²) in [4.78, 5) is 15.4. The van der Waals surface area contributed by atoms with Crippen LogP contribution in [0.3, 0.4) is 0 Å². The summed E-state index contributed by atoms with van der Waals surface area (Å²) in [6, 6.07) is 17.9. The van der Waals surface area contributed by atoms with Gasteiger partial charge in [-0.05, 0) is 73.4 Å². The SMILES string of the molecule is COc1cc2c(cc1OC)[C@@H]([C@H](C)NC(=O)c1ccc(C)cc1)N(Cc1ccc(F)cc1)CC2. The number of hydrogen-bond donors (Lipinski definition) is 1. The summed E-state index contributed by atoms with van der Waals surface area (Å²) in [5, 5.41) is 3.20. The molecule has 0 aliphatic carbocycles. The van der Waals surface area contributed by atoms with Gasteiger partial charge in [0.25, 0.3) is 5.91 Å². The lowest BCUT2D eigenvalue weighted by molar-refractivity contribution is 0.0877. The first-order valence-corrected chi connectivity index (χ1v) is 11.5. The van der Waals surface area contributed by atoms with Gasteiger partial charge in [-0.2, -0.15) is 0 Å². The Kier molecular flexibility index (Phi) is 7.17. The molecule has 1 N–H and O–H groups in total. The van der Waals surface area contributed by atoms with Gasteiger partial charge in [0.05, 0.1) is 20.3 Å². The number of ether oxygens (including phenoxy) is 2. The summed E-state index contributed by atoms with van der Waals surface area (Å²) in [6.07, 6.45) is 0.839. The lowest BCUT2D eigenvalue weighted by Crippen LogP contribution is -2.47. The molecule has 3 aromatic rings. The van der Waals surface area contributed by atoms with Gasteiger partial charge in [0, 0.05) is 24.7 Å². The lowest BCUT2D eigenvalue weighted by Gasteiger charge is -2.41. The highest BCUT2D eigenvalue weighted by Gasteiger charge is 2.34. The number of carbonyl (C=O) groups is 1. The second-order valence-corrected chi connectivity index (χ2v) is 8.83. The van der Waals surface area contributed by atoms with Gasteiger partial charge in [0.1, 0.15) is 5.82 Å². The molecule has 178 valence electrons. The minimum atomic E-state index is -0.250. The van der Waals surface area contributed by atoms with Crippen LogP contribution in [-0.4, -0.2) is 37.6 Å². The number of rotatable bonds is 7. The van der Waals surface area contributed by atoms with Crippen LogP contribution in [0, 0.1) is 12.7 Å². The van der Waals surface area contributed by atoms with Crippen LogP contribution in [-0.2, 0) is 13.0 Å². The standard InChI is InChI=1S/C28H31FN2O3/c1-18-5-9-21(10-6-18)28(32)30-19(2)27-24-16-26(34-4)25(33-3)15-22(24)13-14-31(27)17-20-7-11-23(29)12-8-20/h5-12,15-16,19,27H,13-14,17H2,1-4H3,(H,30,32)/t19-,27+/m0/s1. The van der Waals surface area contributed by atoms with Crippen LogP contribution in [0.4, 0.5) is 4.39 Å². The first-order valence-electron chi connectivity index (χ1n) is 11.5. The Morgan fingerprint density at radius 2 is 1.71 bits per heavy atom. The third-order valence-corrected chi connectivity index (χ3v) is 6.47. The summed E-state index contributed by atoms with van der Waals surface area (Å²) in [6.45, 7) is 5.47. The average molecular weight is 463 g/mol. The van der Waals surface area contributed by atoms with Crippen molar-refractivity contribution >= 4 is 5.91 Å². The van der Waals surface area contributed by atoms with E-state index < -0.39 is 0 Å². The molecule has 6 heteroatoms. The number of fused-ring (bicyclic) bond motifs is 1. The van der Waals surface area contributed by atoms with E-state index >= 15 is 0 Å². The number of methoxy groups -OCH3 is 2. The first-order chi connectivity index (χ1) is 16.4. The van der Waals surface area contributed by atoms with Crippen molar-refractivity contribution < 1.29 is 18.7 Å². The zero-order valence-electron chi connectivity index (χ0n) is 20.1. The van der Waals surface area contributed by atoms with E-state index in [0.29, 0.717) is 23.6 Å². The van der Waals surface area contributed by atoms with Crippen LogP contribution in [0.2, 0.25) is 0 Å². The fourth-order valence-electron chi connectivity index (χ4n) is 4.69. The Hall–Kier alpha value is -3.38. The van der Waals surface area contributed by atoms with Crippen molar-refractivity contribution in [1.82, 2.24) is 10.2 Å². The molecule has 0 unspecified atom stereocenters. The predicted molar refractivity (Wildman–Crippen MR) is 131 cm³/mol. The van der Waals surface area contributed by atoms with Gasteiger partial charge < -0.3 is 14.8 Å². The summed E-state index contributed by atoms with van der Waals surface area (Å²) in [7, 11) is 3.26. The monoisotopic (exact) mass is 462 g/mol. The minimum Gasteiger partial charge on any atom is -0.493 e. The van der Waals surface area contributed by atoms with Gasteiger partial charge in [-0.3, -0.25) is 9.69 Å². The zero-order chi connectivity index (χ0) is 24.2. The van der Waals surface area contributed by atoms with E-state index in [-0.39, 0.29) is 23.8 Å². The van der Waals surface area contributed by atoms with Gasteiger partial charge in [-0.15, -0.1) is 0 Å². The average Bonchev–Trinajstić information content (AvgIpc) is 2.84. The molecule has 1 aliphatic rings. The molecule has 34 heavy (non-hydrogen) atoms. The Morgan fingerprint density at radius 3 is 2.35 bits per heavy atom. The number of aryl methyl sites for hydroxylation is 1. The highest BCUT2D eigenvalue weighted by molar-refractivity contribution is 5.94. The summed E-state index contributed by atoms with van der Waals surface area (Å²) < 4.78 is 24.6. The number of nitrogens with one attached hydrogen (secondary N) is 1. The topological polar surface area (TPSA) is 50.8 Å². The highest BCUT2D eigenvalue weighted by atomic mass is 19.1. The van der Waals surface area contributed by atoms with Crippen molar-refractivity contribution in [1.29, 1.82) is 0 Å². The molecule has 4 rings (SSSR count). The molecule has 0 spiro atoms. The van der Waals surface area contributed by atoms with Crippen LogP contribution >= 0.6 is 0 Å². The molecule has 0 radical (unpaired) electrons. The van der Waals surface area contributed by atoms with Gasteiger partial charge in [-0.25, -0.2) is 4.39 Å². The lowest BCUT2D eigenvalue weighted by atomic mass is 9.87. The minimum absolute atomic E-state index is 0.0944. The summed E-state index contributed by atoms with van der Waals surface area (Å²) >= 11 is 0. The van der Waals surface area contributed by atoms with E-state index in [4.69, 9.17) is 9.47 Å². The second-order valence-electron chi connectivity index (χ2n) is 8.83. The summed E-state index contributed by atoms with van der Waals surface area (Å²) in [5.74, 6) is 0.997. The molecule has 1 amide bonds. The van der Waals surface area contributed by atoms with Crippen molar-refractivity contribution in [3.63, 3.8) is 0 Å². The second kappa shape index (κ2) is 10.3. The maximum Gasteiger partial charge on any atom is 0.251 e. The van der Waals surface area contributed by atoms with E-state index in [0.717, 1.165) is 29.7 Å². The Labute approximate surface area is 200 Å². The zero-order valence-corrected chi connectivity index (χ0v) is 20.1. The Balaban J connectivity index is 1.67. The van der Waals surface area contributed by atoms with Crippen molar-refractivity contribution in [3.05, 3.63) is 94.3 Å². The Bertz CT molecular complexity index is 1150. The fraction of sp³-hybridized carbons (Fsp3) is 0.321. The maximum absolute atomic E-state index is 13.5. The van der Waals surface area contributed by atoms with Crippen LogP contribution in [0.25, 0.3) is 0 Å². The van der Waals surface area contributed by atoms with Crippen LogP contribution in [0.15, 0.2) is 60.7 Å². The molecule has 0 saturated heterocycles. The maximum atomic E-state index is 13.5. The number of benzene rings is 3. The number of amides is 1. The molecule has 0 aromatic heterocycles. The molecular weight excluding hydrogens is 431 g/mol. The van der Waals surface area contributed by atoms with E-state index in [2.05, 4.69) is 10.2 Å². The van der Waals surface area contributed by atoms with Crippen molar-refractivity contribution in [2.24, 2.45) is 0 Å². The van der Waals surface area contributed by atoms with E-state index in [1.807, 2.05) is 62.4 Å². The third-order valence-electron chi connectivity index (χ3n) is 6.47. The summed E-state index contributed by atoms with van der Waals surface area (Å²) in [5.41, 5.74) is 5.03. The number of halogens is 1. The number of hydrogen-bond acceptors (Lipinski definition) is 4. The molecule has 1 aliphatic heterocycles. The molecule has 1 heterocycles. The van der Waals surface area contributed by atoms with E-state index in [1.165, 1.54) is 17.7 Å². The van der Waals surface area contributed by atoms with Gasteiger partial charge >= 0.3 is 0 Å². The molecular formula is C28H31FN2O3. The molecule has 2 atom stereocenters. The highest BCUT2D eigenvalue weighted by Crippen LogP contribution is 2.40. The predicted octanol–water partition coefficient (Wildman–Crippen LogP) is 5.07. The number of nitrogens with zero attached hydrogens (tertiary/aromatic N) is 1. The smallest absolute Gasteiger partial charge is 0.251 e. The molecule has 0 saturated carbocycles. The number of carbonyl (C=O) groups excluding carboxylic acids is 1. The molecule has 0 bridgehead atoms. The van der Waals surface area contributed by atoms with Crippen LogP contribution < -0.4 is 14.8 Å². The molecule has 3 aromatic carbocycles. The molecule has 0 fully saturated rings. The third kappa shape index (κ3) is 5.07. The first kappa shape index (κ1) is 23.8. The van der Waals surface area contributed by atoms with Crippen LogP contribution in [0.1, 0.15) is 45.6 Å². The van der Waals surface area contributed by atoms with Crippen molar-refractivity contribution in [2.45, 2.75) is 38.9 Å². The Morgan fingerprint density at radius 1 is 1.06 bits per heavy atom. The van der Waals surface area contributed by atoms with Crippen LogP contribution in [0.5, 0.6) is 11.5 Å². The normalized spacial score (nSPS) is 16.4. The quantitative estimate of drug-likeness (QED) is 0.533. The van der Waals surface area contributed by atoms with Gasteiger partial charge in [0.2, 0.25) is 0 Å². The van der Waals surface area contributed by atoms with Crippen molar-refractivity contribution in [3.8, 4) is 11.5 Å².